The minimum absolute atomic E-state index is 0.102. The maximum absolute atomic E-state index is 13.7. The van der Waals surface area contributed by atoms with Crippen LogP contribution >= 0.6 is 43.2 Å². The van der Waals surface area contributed by atoms with E-state index in [1.54, 1.807) is 18.4 Å². The number of thiophene rings is 1. The van der Waals surface area contributed by atoms with Crippen LogP contribution in [-0.4, -0.2) is 5.78 Å². The standard InChI is InChI=1S/C12H7Br2FOS/c1-6-2-3-7(9(15)4-6)11(16)12-10(14)8(13)5-17-12/h2-5H,1H3. The molecule has 0 fully saturated rings. The predicted molar refractivity (Wildman–Crippen MR) is 74.3 cm³/mol. The number of hydrogen-bond acceptors (Lipinski definition) is 2. The summed E-state index contributed by atoms with van der Waals surface area (Å²) in [6.45, 7) is 1.79. The minimum Gasteiger partial charge on any atom is -0.288 e. The highest BCUT2D eigenvalue weighted by molar-refractivity contribution is 9.13. The number of rotatable bonds is 2. The van der Waals surface area contributed by atoms with Crippen LogP contribution in [0.3, 0.4) is 0 Å². The van der Waals surface area contributed by atoms with Crippen molar-refractivity contribution < 1.29 is 9.18 Å². The Balaban J connectivity index is 2.47. The van der Waals surface area contributed by atoms with Crippen LogP contribution in [0.4, 0.5) is 4.39 Å². The first kappa shape index (κ1) is 12.9. The van der Waals surface area contributed by atoms with Crippen molar-refractivity contribution in [3.63, 3.8) is 0 Å². The number of ketones is 1. The molecule has 2 aromatic rings. The third-order valence-corrected chi connectivity index (χ3v) is 5.79. The summed E-state index contributed by atoms with van der Waals surface area (Å²) in [6.07, 6.45) is 0. The van der Waals surface area contributed by atoms with Gasteiger partial charge in [0, 0.05) is 9.85 Å². The smallest absolute Gasteiger partial charge is 0.207 e. The van der Waals surface area contributed by atoms with E-state index in [-0.39, 0.29) is 11.3 Å². The van der Waals surface area contributed by atoms with Gasteiger partial charge in [0.05, 0.1) is 14.9 Å². The molecule has 0 atom stereocenters. The van der Waals surface area contributed by atoms with Crippen molar-refractivity contribution in [3.8, 4) is 0 Å². The van der Waals surface area contributed by atoms with E-state index < -0.39 is 5.82 Å². The second-order valence-electron chi connectivity index (χ2n) is 3.54. The Morgan fingerprint density at radius 2 is 2.06 bits per heavy atom. The molecule has 1 heterocycles. The molecule has 0 unspecified atom stereocenters. The highest BCUT2D eigenvalue weighted by atomic mass is 79.9. The van der Waals surface area contributed by atoms with E-state index >= 15 is 0 Å². The average molecular weight is 378 g/mol. The van der Waals surface area contributed by atoms with Crippen LogP contribution in [0, 0.1) is 12.7 Å². The fourth-order valence-electron chi connectivity index (χ4n) is 1.40. The molecule has 5 heteroatoms. The van der Waals surface area contributed by atoms with Crippen LogP contribution in [-0.2, 0) is 0 Å². The molecule has 0 radical (unpaired) electrons. The van der Waals surface area contributed by atoms with E-state index in [0.717, 1.165) is 10.0 Å². The summed E-state index contributed by atoms with van der Waals surface area (Å²) in [5, 5.41) is 1.80. The molecule has 0 N–H and O–H groups in total. The van der Waals surface area contributed by atoms with Gasteiger partial charge in [-0.25, -0.2) is 4.39 Å². The van der Waals surface area contributed by atoms with E-state index in [1.807, 2.05) is 0 Å². The molecule has 2 rings (SSSR count). The lowest BCUT2D eigenvalue weighted by Gasteiger charge is -2.02. The van der Waals surface area contributed by atoms with Gasteiger partial charge in [-0.1, -0.05) is 6.07 Å². The molecule has 0 saturated heterocycles. The van der Waals surface area contributed by atoms with Gasteiger partial charge < -0.3 is 0 Å². The van der Waals surface area contributed by atoms with Crippen molar-refractivity contribution >= 4 is 49.0 Å². The SMILES string of the molecule is Cc1ccc(C(=O)c2scc(Br)c2Br)c(F)c1. The number of carbonyl (C=O) groups excluding carboxylic acids is 1. The van der Waals surface area contributed by atoms with Crippen LogP contribution in [0.5, 0.6) is 0 Å². The van der Waals surface area contributed by atoms with Gasteiger partial charge in [-0.15, -0.1) is 11.3 Å². The topological polar surface area (TPSA) is 17.1 Å². The van der Waals surface area contributed by atoms with Crippen LogP contribution < -0.4 is 0 Å². The third-order valence-electron chi connectivity index (χ3n) is 2.26. The number of benzene rings is 1. The highest BCUT2D eigenvalue weighted by Crippen LogP contribution is 2.34. The Morgan fingerprint density at radius 3 is 2.59 bits per heavy atom. The Bertz CT molecular complexity index is 592. The molecule has 0 aliphatic heterocycles. The fraction of sp³-hybridized carbons (Fsp3) is 0.0833. The van der Waals surface area contributed by atoms with Gasteiger partial charge in [0.2, 0.25) is 5.78 Å². The van der Waals surface area contributed by atoms with Gasteiger partial charge in [0.15, 0.2) is 0 Å². The fourth-order valence-corrected chi connectivity index (χ4v) is 3.51. The summed E-state index contributed by atoms with van der Waals surface area (Å²) in [5.74, 6) is -0.781. The number of aryl methyl sites for hydroxylation is 1. The van der Waals surface area contributed by atoms with Crippen molar-refractivity contribution in [1.82, 2.24) is 0 Å². The number of halogens is 3. The van der Waals surface area contributed by atoms with Crippen LogP contribution in [0.15, 0.2) is 32.5 Å². The van der Waals surface area contributed by atoms with E-state index in [0.29, 0.717) is 9.35 Å². The molecule has 0 amide bonds. The first-order valence-corrected chi connectivity index (χ1v) is 7.20. The summed E-state index contributed by atoms with van der Waals surface area (Å²) in [5.41, 5.74) is 0.899. The van der Waals surface area contributed by atoms with E-state index in [9.17, 15) is 9.18 Å². The lowest BCUT2D eigenvalue weighted by atomic mass is 10.1. The van der Waals surface area contributed by atoms with E-state index in [1.165, 1.54) is 23.5 Å². The molecule has 88 valence electrons. The Hall–Kier alpha value is -0.520. The molecule has 17 heavy (non-hydrogen) atoms. The van der Waals surface area contributed by atoms with E-state index in [4.69, 9.17) is 0 Å². The van der Waals surface area contributed by atoms with Crippen molar-refractivity contribution in [1.29, 1.82) is 0 Å². The summed E-state index contributed by atoms with van der Waals surface area (Å²) in [7, 11) is 0. The van der Waals surface area contributed by atoms with Gasteiger partial charge in [0.1, 0.15) is 5.82 Å². The molecule has 0 aliphatic rings. The monoisotopic (exact) mass is 376 g/mol. The second kappa shape index (κ2) is 5.00. The highest BCUT2D eigenvalue weighted by Gasteiger charge is 2.19. The van der Waals surface area contributed by atoms with E-state index in [2.05, 4.69) is 31.9 Å². The molecule has 0 spiro atoms. The molecule has 0 aliphatic carbocycles. The number of hydrogen-bond donors (Lipinski definition) is 0. The van der Waals surface area contributed by atoms with Crippen LogP contribution in [0.2, 0.25) is 0 Å². The molecular weight excluding hydrogens is 371 g/mol. The minimum atomic E-state index is -0.480. The van der Waals surface area contributed by atoms with Gasteiger partial charge in [-0.3, -0.25) is 4.79 Å². The Kier molecular flexibility index (Phi) is 3.80. The Labute approximate surface area is 119 Å². The van der Waals surface area contributed by atoms with Crippen molar-refractivity contribution in [2.24, 2.45) is 0 Å². The second-order valence-corrected chi connectivity index (χ2v) is 6.07. The van der Waals surface area contributed by atoms with Crippen molar-refractivity contribution in [3.05, 3.63) is 54.3 Å². The van der Waals surface area contributed by atoms with Gasteiger partial charge in [-0.05, 0) is 56.5 Å². The normalized spacial score (nSPS) is 10.6. The summed E-state index contributed by atoms with van der Waals surface area (Å²) >= 11 is 7.89. The maximum atomic E-state index is 13.7. The zero-order valence-electron chi connectivity index (χ0n) is 8.76. The average Bonchev–Trinajstić information content (AvgIpc) is 2.59. The van der Waals surface area contributed by atoms with Gasteiger partial charge >= 0.3 is 0 Å². The molecule has 1 aromatic heterocycles. The number of carbonyl (C=O) groups is 1. The molecule has 0 saturated carbocycles. The summed E-state index contributed by atoms with van der Waals surface area (Å²) in [4.78, 5) is 12.6. The largest absolute Gasteiger partial charge is 0.288 e. The van der Waals surface area contributed by atoms with Crippen molar-refractivity contribution in [2.45, 2.75) is 6.92 Å². The van der Waals surface area contributed by atoms with Crippen LogP contribution in [0.25, 0.3) is 0 Å². The first-order chi connectivity index (χ1) is 8.00. The quantitative estimate of drug-likeness (QED) is 0.676. The molecule has 1 aromatic carbocycles. The van der Waals surface area contributed by atoms with Gasteiger partial charge in [0.25, 0.3) is 0 Å². The molecule has 1 nitrogen and oxygen atoms in total. The summed E-state index contributed by atoms with van der Waals surface area (Å²) < 4.78 is 15.2. The zero-order valence-corrected chi connectivity index (χ0v) is 12.7. The summed E-state index contributed by atoms with van der Waals surface area (Å²) in [6, 6.07) is 4.61. The van der Waals surface area contributed by atoms with Crippen molar-refractivity contribution in [2.75, 3.05) is 0 Å². The molecular formula is C12H7Br2FOS. The predicted octanol–water partition coefficient (Wildman–Crippen LogP) is 4.95. The Morgan fingerprint density at radius 1 is 1.35 bits per heavy atom. The van der Waals surface area contributed by atoms with Crippen LogP contribution in [0.1, 0.15) is 20.8 Å². The first-order valence-electron chi connectivity index (χ1n) is 4.74. The van der Waals surface area contributed by atoms with Gasteiger partial charge in [-0.2, -0.15) is 0 Å². The lowest BCUT2D eigenvalue weighted by Crippen LogP contribution is -2.03. The lowest BCUT2D eigenvalue weighted by molar-refractivity contribution is 0.103. The molecule has 0 bridgehead atoms. The maximum Gasteiger partial charge on any atom is 0.207 e. The zero-order chi connectivity index (χ0) is 12.6. The third kappa shape index (κ3) is 2.51.